The van der Waals surface area contributed by atoms with E-state index in [4.69, 9.17) is 16.9 Å². The van der Waals surface area contributed by atoms with Crippen molar-refractivity contribution >= 4 is 11.6 Å². The van der Waals surface area contributed by atoms with E-state index in [0.717, 1.165) is 17.4 Å². The van der Waals surface area contributed by atoms with Crippen molar-refractivity contribution in [1.82, 2.24) is 5.32 Å². The normalized spacial score (nSPS) is 17.5. The standard InChI is InChI=1S/C10H15F3.C8H6ClN.C8H17N/c1-4-7-9(10(11,12)13)8(5-2)6-3;1-6-2-3-7(5-10)8(9)4-6;1-3-7(2)8-4-5-9-6-8/h5,7H,4,6H2,1-3H3;2-4H,1H3;7-9H,3-6H2,1-2H3/b8-5-,9-7+;;. The third-order valence-corrected chi connectivity index (χ3v) is 5.89. The van der Waals surface area contributed by atoms with Crippen LogP contribution in [0.25, 0.3) is 0 Å². The molecule has 32 heavy (non-hydrogen) atoms. The monoisotopic (exact) mass is 470 g/mol. The summed E-state index contributed by atoms with van der Waals surface area (Å²) < 4.78 is 37.3. The van der Waals surface area contributed by atoms with Gasteiger partial charge in [-0.3, -0.25) is 0 Å². The zero-order valence-corrected chi connectivity index (χ0v) is 21.0. The van der Waals surface area contributed by atoms with Crippen LogP contribution in [0.5, 0.6) is 0 Å². The maximum Gasteiger partial charge on any atom is 0.416 e. The topological polar surface area (TPSA) is 35.8 Å². The van der Waals surface area contributed by atoms with E-state index < -0.39 is 11.7 Å². The van der Waals surface area contributed by atoms with Crippen molar-refractivity contribution in [2.75, 3.05) is 13.1 Å². The first-order valence-electron chi connectivity index (χ1n) is 11.3. The van der Waals surface area contributed by atoms with Crippen LogP contribution in [0.3, 0.4) is 0 Å². The van der Waals surface area contributed by atoms with Crippen LogP contribution < -0.4 is 5.32 Å². The summed E-state index contributed by atoms with van der Waals surface area (Å²) in [7, 11) is 0. The molecule has 1 fully saturated rings. The maximum absolute atomic E-state index is 12.4. The maximum atomic E-state index is 12.4. The van der Waals surface area contributed by atoms with Gasteiger partial charge in [-0.15, -0.1) is 0 Å². The van der Waals surface area contributed by atoms with Crippen molar-refractivity contribution in [2.45, 2.75) is 73.4 Å². The molecule has 1 saturated heterocycles. The number of hydrogen-bond acceptors (Lipinski definition) is 2. The molecule has 2 nitrogen and oxygen atoms in total. The molecule has 0 saturated carbocycles. The van der Waals surface area contributed by atoms with Gasteiger partial charge in [-0.1, -0.05) is 63.9 Å². The SMILES string of the molecule is C/C=C(CC)\C(=C/CC)C(F)(F)F.CCC(C)C1CCNC1.Cc1ccc(C#N)c(Cl)c1. The molecule has 1 aromatic rings. The molecule has 2 rings (SSSR count). The Labute approximate surface area is 197 Å². The zero-order valence-electron chi connectivity index (χ0n) is 20.2. The third-order valence-electron chi connectivity index (χ3n) is 5.58. The van der Waals surface area contributed by atoms with Gasteiger partial charge in [0.1, 0.15) is 6.07 Å². The highest BCUT2D eigenvalue weighted by atomic mass is 35.5. The highest BCUT2D eigenvalue weighted by Gasteiger charge is 2.34. The number of aryl methyl sites for hydroxylation is 1. The summed E-state index contributed by atoms with van der Waals surface area (Å²) in [6.07, 6.45) is 2.11. The molecule has 0 amide bonds. The Kier molecular flexibility index (Phi) is 15.1. The molecule has 2 unspecified atom stereocenters. The molecule has 0 aromatic heterocycles. The fraction of sp³-hybridized carbons (Fsp3) is 0.577. The fourth-order valence-corrected chi connectivity index (χ4v) is 3.67. The Hall–Kier alpha value is -1.77. The Morgan fingerprint density at radius 1 is 1.31 bits per heavy atom. The average molecular weight is 471 g/mol. The average Bonchev–Trinajstić information content (AvgIpc) is 3.29. The van der Waals surface area contributed by atoms with Crippen molar-refractivity contribution in [2.24, 2.45) is 11.8 Å². The van der Waals surface area contributed by atoms with Crippen LogP contribution in [-0.4, -0.2) is 19.3 Å². The summed E-state index contributed by atoms with van der Waals surface area (Å²) in [5.74, 6) is 1.90. The fourth-order valence-electron chi connectivity index (χ4n) is 3.39. The minimum Gasteiger partial charge on any atom is -0.316 e. The molecule has 0 bridgehead atoms. The van der Waals surface area contributed by atoms with Crippen LogP contribution >= 0.6 is 11.6 Å². The summed E-state index contributed by atoms with van der Waals surface area (Å²) >= 11 is 5.71. The highest BCUT2D eigenvalue weighted by molar-refractivity contribution is 6.31. The largest absolute Gasteiger partial charge is 0.416 e. The van der Waals surface area contributed by atoms with Crippen LogP contribution in [0, 0.1) is 30.1 Å². The third kappa shape index (κ3) is 11.2. The first kappa shape index (κ1) is 30.2. The lowest BCUT2D eigenvalue weighted by atomic mass is 9.91. The van der Waals surface area contributed by atoms with Gasteiger partial charge in [0.15, 0.2) is 0 Å². The minimum absolute atomic E-state index is 0.370. The Bertz CT molecular complexity index is 770. The van der Waals surface area contributed by atoms with Crippen LogP contribution in [0.1, 0.15) is 71.4 Å². The predicted octanol–water partition coefficient (Wildman–Crippen LogP) is 8.40. The van der Waals surface area contributed by atoms with E-state index in [0.29, 0.717) is 29.0 Å². The predicted molar refractivity (Wildman–Crippen MR) is 130 cm³/mol. The lowest BCUT2D eigenvalue weighted by Crippen LogP contribution is -2.14. The number of hydrogen-bond donors (Lipinski definition) is 1. The first-order valence-corrected chi connectivity index (χ1v) is 11.7. The number of nitrogens with one attached hydrogen (secondary N) is 1. The molecular weight excluding hydrogens is 433 g/mol. The number of allylic oxidation sites excluding steroid dienone is 4. The number of nitriles is 1. The number of halogens is 4. The molecular formula is C26H38ClF3N2. The highest BCUT2D eigenvalue weighted by Crippen LogP contribution is 2.32. The quantitative estimate of drug-likeness (QED) is 0.438. The second kappa shape index (κ2) is 15.9. The second-order valence-electron chi connectivity index (χ2n) is 7.92. The van der Waals surface area contributed by atoms with E-state index >= 15 is 0 Å². The lowest BCUT2D eigenvalue weighted by Gasteiger charge is -2.14. The van der Waals surface area contributed by atoms with Gasteiger partial charge in [0.05, 0.1) is 16.2 Å². The molecule has 1 aliphatic rings. The smallest absolute Gasteiger partial charge is 0.316 e. The molecule has 0 radical (unpaired) electrons. The second-order valence-corrected chi connectivity index (χ2v) is 8.33. The summed E-state index contributed by atoms with van der Waals surface area (Å²) in [5.41, 5.74) is 1.49. The van der Waals surface area contributed by atoms with Crippen LogP contribution in [-0.2, 0) is 0 Å². The lowest BCUT2D eigenvalue weighted by molar-refractivity contribution is -0.0898. The van der Waals surface area contributed by atoms with Crippen molar-refractivity contribution in [3.8, 4) is 6.07 Å². The number of benzene rings is 1. The number of rotatable bonds is 5. The number of alkyl halides is 3. The summed E-state index contributed by atoms with van der Waals surface area (Å²) in [6.45, 7) is 14.1. The minimum atomic E-state index is -4.21. The molecule has 1 N–H and O–H groups in total. The van der Waals surface area contributed by atoms with Gasteiger partial charge < -0.3 is 5.32 Å². The molecule has 6 heteroatoms. The van der Waals surface area contributed by atoms with Gasteiger partial charge in [-0.05, 0) is 81.3 Å². The van der Waals surface area contributed by atoms with Gasteiger partial charge in [-0.25, -0.2) is 0 Å². The first-order chi connectivity index (χ1) is 15.0. The molecule has 2 atom stereocenters. The summed E-state index contributed by atoms with van der Waals surface area (Å²) in [6, 6.07) is 7.35. The van der Waals surface area contributed by atoms with E-state index in [1.165, 1.54) is 38.1 Å². The van der Waals surface area contributed by atoms with Crippen molar-refractivity contribution < 1.29 is 13.2 Å². The van der Waals surface area contributed by atoms with Crippen LogP contribution in [0.2, 0.25) is 5.02 Å². The summed E-state index contributed by atoms with van der Waals surface area (Å²) in [5, 5.41) is 12.4. The van der Waals surface area contributed by atoms with E-state index in [1.54, 1.807) is 32.9 Å². The summed E-state index contributed by atoms with van der Waals surface area (Å²) in [4.78, 5) is 0. The van der Waals surface area contributed by atoms with Crippen LogP contribution in [0.4, 0.5) is 13.2 Å². The van der Waals surface area contributed by atoms with Gasteiger partial charge in [-0.2, -0.15) is 18.4 Å². The van der Waals surface area contributed by atoms with Gasteiger partial charge >= 0.3 is 6.18 Å². The molecule has 1 heterocycles. The van der Waals surface area contributed by atoms with Crippen LogP contribution in [0.15, 0.2) is 41.5 Å². The van der Waals surface area contributed by atoms with E-state index in [9.17, 15) is 13.2 Å². The molecule has 180 valence electrons. The number of nitrogens with zero attached hydrogens (tertiary/aromatic N) is 1. The Morgan fingerprint density at radius 3 is 2.34 bits per heavy atom. The van der Waals surface area contributed by atoms with Gasteiger partial charge in [0.2, 0.25) is 0 Å². The molecule has 1 aromatic carbocycles. The van der Waals surface area contributed by atoms with E-state index in [-0.39, 0.29) is 0 Å². The molecule has 0 aliphatic carbocycles. The molecule has 1 aliphatic heterocycles. The van der Waals surface area contributed by atoms with Crippen molar-refractivity contribution in [1.29, 1.82) is 5.26 Å². The van der Waals surface area contributed by atoms with E-state index in [2.05, 4.69) is 19.2 Å². The molecule has 0 spiro atoms. The zero-order chi connectivity index (χ0) is 24.7. The van der Waals surface area contributed by atoms with E-state index in [1.807, 2.05) is 19.1 Å². The van der Waals surface area contributed by atoms with Crippen molar-refractivity contribution in [3.05, 3.63) is 57.6 Å². The Balaban J connectivity index is 0.000000458. The van der Waals surface area contributed by atoms with Gasteiger partial charge in [0, 0.05) is 0 Å². The van der Waals surface area contributed by atoms with Crippen molar-refractivity contribution in [3.63, 3.8) is 0 Å². The van der Waals surface area contributed by atoms with Gasteiger partial charge in [0.25, 0.3) is 0 Å². The Morgan fingerprint density at radius 2 is 1.97 bits per heavy atom.